The summed E-state index contributed by atoms with van der Waals surface area (Å²) in [4.78, 5) is 24.2. The summed E-state index contributed by atoms with van der Waals surface area (Å²) in [5.74, 6) is -1.18. The van der Waals surface area contributed by atoms with Crippen molar-refractivity contribution in [1.29, 1.82) is 0 Å². The smallest absolute Gasteiger partial charge is 0.347 e. The van der Waals surface area contributed by atoms with Crippen LogP contribution < -0.4 is 10.1 Å². The molecule has 0 radical (unpaired) electrons. The molecular weight excluding hydrogens is 337 g/mol. The van der Waals surface area contributed by atoms with Crippen LogP contribution in [0.4, 0.5) is 10.1 Å². The van der Waals surface area contributed by atoms with Gasteiger partial charge in [-0.05, 0) is 62.2 Å². The SMILES string of the molecule is CCc1ccc(NC(=O)[C@H](C)OC(=O)[C@H](C)Oc2ccc(F)cc2)cc1. The van der Waals surface area contributed by atoms with Gasteiger partial charge in [0.2, 0.25) is 0 Å². The summed E-state index contributed by atoms with van der Waals surface area (Å²) >= 11 is 0. The Hall–Kier alpha value is -2.89. The zero-order chi connectivity index (χ0) is 19.1. The van der Waals surface area contributed by atoms with Crippen LogP contribution in [0.1, 0.15) is 26.3 Å². The van der Waals surface area contributed by atoms with Crippen molar-refractivity contribution < 1.29 is 23.5 Å². The molecule has 0 saturated heterocycles. The average Bonchev–Trinajstić information content (AvgIpc) is 2.64. The maximum Gasteiger partial charge on any atom is 0.347 e. The second-order valence-corrected chi connectivity index (χ2v) is 5.83. The molecule has 0 bridgehead atoms. The first-order valence-electron chi connectivity index (χ1n) is 8.41. The fourth-order valence-electron chi connectivity index (χ4n) is 2.16. The van der Waals surface area contributed by atoms with Crippen molar-refractivity contribution >= 4 is 17.6 Å². The third-order valence-corrected chi connectivity index (χ3v) is 3.75. The van der Waals surface area contributed by atoms with Crippen LogP contribution >= 0.6 is 0 Å². The lowest BCUT2D eigenvalue weighted by atomic mass is 10.1. The zero-order valence-corrected chi connectivity index (χ0v) is 15.0. The molecule has 1 N–H and O–H groups in total. The highest BCUT2D eigenvalue weighted by atomic mass is 19.1. The van der Waals surface area contributed by atoms with Crippen molar-refractivity contribution in [3.8, 4) is 5.75 Å². The van der Waals surface area contributed by atoms with Gasteiger partial charge in [0.05, 0.1) is 0 Å². The Kier molecular flexibility index (Phi) is 6.72. The van der Waals surface area contributed by atoms with Gasteiger partial charge < -0.3 is 14.8 Å². The van der Waals surface area contributed by atoms with E-state index in [-0.39, 0.29) is 0 Å². The number of benzene rings is 2. The number of halogens is 1. The topological polar surface area (TPSA) is 64.6 Å². The number of carbonyl (C=O) groups is 2. The Bertz CT molecular complexity index is 743. The monoisotopic (exact) mass is 359 g/mol. The number of esters is 1. The minimum Gasteiger partial charge on any atom is -0.479 e. The Morgan fingerprint density at radius 2 is 1.62 bits per heavy atom. The van der Waals surface area contributed by atoms with Gasteiger partial charge in [-0.3, -0.25) is 4.79 Å². The summed E-state index contributed by atoms with van der Waals surface area (Å²) in [6.07, 6.45) is -0.999. The maximum absolute atomic E-state index is 12.9. The second kappa shape index (κ2) is 8.99. The molecule has 0 spiro atoms. The number of anilines is 1. The minimum absolute atomic E-state index is 0.337. The third kappa shape index (κ3) is 5.58. The summed E-state index contributed by atoms with van der Waals surface area (Å²) < 4.78 is 23.4. The molecule has 0 saturated carbocycles. The molecule has 0 heterocycles. The van der Waals surface area contributed by atoms with Crippen molar-refractivity contribution in [2.45, 2.75) is 39.4 Å². The van der Waals surface area contributed by atoms with E-state index in [0.29, 0.717) is 11.4 Å². The Morgan fingerprint density at radius 3 is 2.19 bits per heavy atom. The predicted octanol–water partition coefficient (Wildman–Crippen LogP) is 3.73. The Labute approximate surface area is 152 Å². The first-order chi connectivity index (χ1) is 12.4. The molecular formula is C20H22FNO4. The Balaban J connectivity index is 1.86. The van der Waals surface area contributed by atoms with Crippen LogP contribution in [0.25, 0.3) is 0 Å². The normalized spacial score (nSPS) is 12.8. The van der Waals surface area contributed by atoms with Gasteiger partial charge in [0.1, 0.15) is 11.6 Å². The van der Waals surface area contributed by atoms with Crippen LogP contribution in [0.15, 0.2) is 48.5 Å². The number of nitrogens with one attached hydrogen (secondary N) is 1. The van der Waals surface area contributed by atoms with E-state index >= 15 is 0 Å². The first-order valence-corrected chi connectivity index (χ1v) is 8.41. The van der Waals surface area contributed by atoms with Gasteiger partial charge in [-0.25, -0.2) is 9.18 Å². The number of carbonyl (C=O) groups excluding carboxylic acids is 2. The Morgan fingerprint density at radius 1 is 1.00 bits per heavy atom. The molecule has 5 nitrogen and oxygen atoms in total. The molecule has 0 aliphatic carbocycles. The maximum atomic E-state index is 12.9. The third-order valence-electron chi connectivity index (χ3n) is 3.75. The van der Waals surface area contributed by atoms with Gasteiger partial charge in [-0.2, -0.15) is 0 Å². The molecule has 138 valence electrons. The lowest BCUT2D eigenvalue weighted by Crippen LogP contribution is -2.35. The summed E-state index contributed by atoms with van der Waals surface area (Å²) in [6, 6.07) is 12.7. The van der Waals surface area contributed by atoms with Crippen molar-refractivity contribution in [1.82, 2.24) is 0 Å². The summed E-state index contributed by atoms with van der Waals surface area (Å²) in [5.41, 5.74) is 1.79. The molecule has 0 aliphatic heterocycles. The quantitative estimate of drug-likeness (QED) is 0.765. The van der Waals surface area contributed by atoms with Crippen LogP contribution in [0.3, 0.4) is 0 Å². The van der Waals surface area contributed by atoms with Crippen LogP contribution in [-0.4, -0.2) is 24.1 Å². The van der Waals surface area contributed by atoms with Crippen molar-refractivity contribution in [3.05, 3.63) is 59.9 Å². The number of ether oxygens (including phenoxy) is 2. The van der Waals surface area contributed by atoms with Crippen molar-refractivity contribution in [2.24, 2.45) is 0 Å². The number of amides is 1. The van der Waals surface area contributed by atoms with E-state index in [1.54, 1.807) is 12.1 Å². The fourth-order valence-corrected chi connectivity index (χ4v) is 2.16. The molecule has 6 heteroatoms. The zero-order valence-electron chi connectivity index (χ0n) is 15.0. The van der Waals surface area contributed by atoms with Crippen molar-refractivity contribution in [3.63, 3.8) is 0 Å². The first kappa shape index (κ1) is 19.4. The summed E-state index contributed by atoms with van der Waals surface area (Å²) in [7, 11) is 0. The van der Waals surface area contributed by atoms with E-state index in [9.17, 15) is 14.0 Å². The molecule has 1 amide bonds. The molecule has 2 aromatic carbocycles. The van der Waals surface area contributed by atoms with Crippen LogP contribution in [0, 0.1) is 5.82 Å². The number of hydrogen-bond donors (Lipinski definition) is 1. The summed E-state index contributed by atoms with van der Waals surface area (Å²) in [5, 5.41) is 2.69. The van der Waals surface area contributed by atoms with E-state index in [2.05, 4.69) is 5.32 Å². The van der Waals surface area contributed by atoms with E-state index in [0.717, 1.165) is 12.0 Å². The summed E-state index contributed by atoms with van der Waals surface area (Å²) in [6.45, 7) is 5.03. The lowest BCUT2D eigenvalue weighted by Gasteiger charge is -2.18. The molecule has 0 fully saturated rings. The molecule has 2 rings (SSSR count). The standard InChI is InChI=1S/C20H22FNO4/c1-4-15-5-9-17(10-6-15)22-19(23)13(2)26-20(24)14(3)25-18-11-7-16(21)8-12-18/h5-14H,4H2,1-3H3,(H,22,23)/t13-,14-/m0/s1. The van der Waals surface area contributed by atoms with Crippen LogP contribution in [-0.2, 0) is 20.7 Å². The minimum atomic E-state index is -0.979. The van der Waals surface area contributed by atoms with Gasteiger partial charge >= 0.3 is 5.97 Å². The van der Waals surface area contributed by atoms with Gasteiger partial charge in [0.15, 0.2) is 12.2 Å². The largest absolute Gasteiger partial charge is 0.479 e. The van der Waals surface area contributed by atoms with E-state index in [1.807, 2.05) is 19.1 Å². The highest BCUT2D eigenvalue weighted by Crippen LogP contribution is 2.14. The highest BCUT2D eigenvalue weighted by Gasteiger charge is 2.23. The average molecular weight is 359 g/mol. The number of aryl methyl sites for hydroxylation is 1. The fraction of sp³-hybridized carbons (Fsp3) is 0.300. The van der Waals surface area contributed by atoms with Crippen molar-refractivity contribution in [2.75, 3.05) is 5.32 Å². The molecule has 2 aromatic rings. The van der Waals surface area contributed by atoms with E-state index in [1.165, 1.54) is 38.1 Å². The molecule has 0 aromatic heterocycles. The van der Waals surface area contributed by atoms with Gasteiger partial charge in [0.25, 0.3) is 5.91 Å². The van der Waals surface area contributed by atoms with E-state index in [4.69, 9.17) is 9.47 Å². The van der Waals surface area contributed by atoms with E-state index < -0.39 is 29.9 Å². The van der Waals surface area contributed by atoms with Gasteiger partial charge in [-0.1, -0.05) is 19.1 Å². The second-order valence-electron chi connectivity index (χ2n) is 5.83. The van der Waals surface area contributed by atoms with Gasteiger partial charge in [0, 0.05) is 5.69 Å². The van der Waals surface area contributed by atoms with Crippen LogP contribution in [0.2, 0.25) is 0 Å². The lowest BCUT2D eigenvalue weighted by molar-refractivity contribution is -0.159. The highest BCUT2D eigenvalue weighted by molar-refractivity contribution is 5.95. The molecule has 2 atom stereocenters. The predicted molar refractivity (Wildman–Crippen MR) is 96.5 cm³/mol. The van der Waals surface area contributed by atoms with Gasteiger partial charge in [-0.15, -0.1) is 0 Å². The number of rotatable bonds is 7. The molecule has 26 heavy (non-hydrogen) atoms. The molecule has 0 aliphatic rings. The number of hydrogen-bond acceptors (Lipinski definition) is 4. The molecule has 0 unspecified atom stereocenters. The van der Waals surface area contributed by atoms with Crippen LogP contribution in [0.5, 0.6) is 5.75 Å².